The summed E-state index contributed by atoms with van der Waals surface area (Å²) in [5.74, 6) is -1.61. The van der Waals surface area contributed by atoms with Crippen molar-refractivity contribution in [2.24, 2.45) is 0 Å². The number of aromatic nitrogens is 2. The predicted molar refractivity (Wildman–Crippen MR) is 130 cm³/mol. The van der Waals surface area contributed by atoms with E-state index in [1.165, 1.54) is 35.0 Å². The average molecular weight is 548 g/mol. The van der Waals surface area contributed by atoms with Crippen LogP contribution in [0.2, 0.25) is 10.0 Å². The lowest BCUT2D eigenvalue weighted by molar-refractivity contribution is 0.0963. The summed E-state index contributed by atoms with van der Waals surface area (Å²) >= 11 is 16.2. The molecule has 4 aromatic rings. The van der Waals surface area contributed by atoms with Crippen LogP contribution in [0, 0.1) is 5.82 Å². The summed E-state index contributed by atoms with van der Waals surface area (Å²) in [6.07, 6.45) is 1.72. The van der Waals surface area contributed by atoms with Crippen LogP contribution in [0.25, 0.3) is 16.9 Å². The number of carbonyl (C=O) groups is 2. The molecule has 0 saturated heterocycles. The Hall–Kier alpha value is -3.20. The molecule has 0 aliphatic heterocycles. The summed E-state index contributed by atoms with van der Waals surface area (Å²) in [5, 5.41) is 9.50. The van der Waals surface area contributed by atoms with Crippen LogP contribution in [0.5, 0.6) is 0 Å². The van der Waals surface area contributed by atoms with Crippen LogP contribution < -0.4 is 10.6 Å². The normalized spacial score (nSPS) is 10.7. The van der Waals surface area contributed by atoms with Gasteiger partial charge in [0.1, 0.15) is 11.5 Å². The third kappa shape index (κ3) is 5.24. The second-order valence-corrected chi connectivity index (χ2v) is 8.56. The molecule has 0 aliphatic carbocycles. The molecule has 166 valence electrons. The third-order valence-corrected chi connectivity index (χ3v) is 5.68. The van der Waals surface area contributed by atoms with E-state index in [4.69, 9.17) is 23.2 Å². The van der Waals surface area contributed by atoms with Crippen LogP contribution in [-0.4, -0.2) is 21.7 Å². The zero-order valence-electron chi connectivity index (χ0n) is 16.7. The Labute approximate surface area is 206 Å². The van der Waals surface area contributed by atoms with E-state index in [1.807, 2.05) is 30.3 Å². The first-order valence-corrected chi connectivity index (χ1v) is 11.0. The van der Waals surface area contributed by atoms with Crippen molar-refractivity contribution in [1.29, 1.82) is 0 Å². The van der Waals surface area contributed by atoms with Gasteiger partial charge in [0.2, 0.25) is 0 Å². The molecular formula is C23H14BrCl2FN4O2. The Morgan fingerprint density at radius 3 is 2.30 bits per heavy atom. The van der Waals surface area contributed by atoms with E-state index < -0.39 is 17.8 Å². The molecule has 4 rings (SSSR count). The summed E-state index contributed by atoms with van der Waals surface area (Å²) in [4.78, 5) is 24.3. The van der Waals surface area contributed by atoms with E-state index in [0.29, 0.717) is 5.69 Å². The number of hydrogen-bond acceptors (Lipinski definition) is 3. The molecule has 0 unspecified atom stereocenters. The summed E-state index contributed by atoms with van der Waals surface area (Å²) in [6, 6.07) is 16.9. The minimum absolute atomic E-state index is 0.226. The van der Waals surface area contributed by atoms with Crippen LogP contribution in [0.1, 0.15) is 10.4 Å². The second-order valence-electron chi connectivity index (χ2n) is 6.83. The first-order valence-electron chi connectivity index (χ1n) is 9.50. The highest BCUT2D eigenvalue weighted by molar-refractivity contribution is 9.10. The van der Waals surface area contributed by atoms with E-state index in [1.54, 1.807) is 6.20 Å². The minimum Gasteiger partial charge on any atom is -0.308 e. The SMILES string of the molecule is O=C(NC(=O)c1ccccc1F)Nc1cc(Cl)c(-n2ccc(-c3ccc(Br)cc3)n2)c(Cl)c1. The van der Waals surface area contributed by atoms with Crippen molar-refractivity contribution in [2.75, 3.05) is 5.32 Å². The number of nitrogens with zero attached hydrogens (tertiary/aromatic N) is 2. The molecular weight excluding hydrogens is 534 g/mol. The zero-order valence-corrected chi connectivity index (χ0v) is 19.7. The molecule has 2 N–H and O–H groups in total. The Morgan fingerprint density at radius 2 is 1.64 bits per heavy atom. The summed E-state index contributed by atoms with van der Waals surface area (Å²) in [5.41, 5.74) is 2.06. The van der Waals surface area contributed by atoms with Crippen LogP contribution in [0.3, 0.4) is 0 Å². The Kier molecular flexibility index (Phi) is 6.78. The highest BCUT2D eigenvalue weighted by Gasteiger charge is 2.17. The number of hydrogen-bond donors (Lipinski definition) is 2. The molecule has 6 nitrogen and oxygen atoms in total. The minimum atomic E-state index is -0.878. The van der Waals surface area contributed by atoms with Crippen molar-refractivity contribution in [2.45, 2.75) is 0 Å². The number of amides is 3. The molecule has 0 fully saturated rings. The molecule has 0 radical (unpaired) electrons. The van der Waals surface area contributed by atoms with Gasteiger partial charge in [-0.15, -0.1) is 0 Å². The van der Waals surface area contributed by atoms with Crippen molar-refractivity contribution in [3.63, 3.8) is 0 Å². The van der Waals surface area contributed by atoms with Crippen LogP contribution in [0.15, 0.2) is 77.4 Å². The molecule has 0 spiro atoms. The summed E-state index contributed by atoms with van der Waals surface area (Å²) in [7, 11) is 0. The van der Waals surface area contributed by atoms with Crippen molar-refractivity contribution >= 4 is 56.8 Å². The first kappa shape index (κ1) is 23.0. The smallest absolute Gasteiger partial charge is 0.308 e. The van der Waals surface area contributed by atoms with E-state index in [9.17, 15) is 14.0 Å². The molecule has 1 aromatic heterocycles. The van der Waals surface area contributed by atoms with Gasteiger partial charge in [-0.2, -0.15) is 5.10 Å². The molecule has 0 saturated carbocycles. The molecule has 0 aliphatic rings. The molecule has 3 aromatic carbocycles. The molecule has 0 atom stereocenters. The number of imide groups is 1. The fourth-order valence-corrected chi connectivity index (χ4v) is 3.98. The third-order valence-electron chi connectivity index (χ3n) is 4.58. The first-order chi connectivity index (χ1) is 15.8. The van der Waals surface area contributed by atoms with Gasteiger partial charge in [0.15, 0.2) is 0 Å². The van der Waals surface area contributed by atoms with Gasteiger partial charge >= 0.3 is 6.03 Å². The lowest BCUT2D eigenvalue weighted by Gasteiger charge is -2.12. The van der Waals surface area contributed by atoms with Crippen molar-refractivity contribution in [3.8, 4) is 16.9 Å². The van der Waals surface area contributed by atoms with Crippen molar-refractivity contribution in [3.05, 3.63) is 98.8 Å². The van der Waals surface area contributed by atoms with Crippen molar-refractivity contribution < 1.29 is 14.0 Å². The zero-order chi connectivity index (χ0) is 23.5. The van der Waals surface area contributed by atoms with Gasteiger partial charge in [0.25, 0.3) is 5.91 Å². The van der Waals surface area contributed by atoms with Crippen molar-refractivity contribution in [1.82, 2.24) is 15.1 Å². The maximum absolute atomic E-state index is 13.7. The molecule has 3 amide bonds. The molecule has 33 heavy (non-hydrogen) atoms. The van der Waals surface area contributed by atoms with E-state index >= 15 is 0 Å². The Balaban J connectivity index is 1.51. The van der Waals surface area contributed by atoms with E-state index in [2.05, 4.69) is 31.7 Å². The fourth-order valence-electron chi connectivity index (χ4n) is 3.06. The number of carbonyl (C=O) groups excluding carboxylic acids is 2. The van der Waals surface area contributed by atoms with Crippen LogP contribution in [0.4, 0.5) is 14.9 Å². The van der Waals surface area contributed by atoms with Gasteiger partial charge in [-0.25, -0.2) is 13.9 Å². The molecule has 10 heteroatoms. The standard InChI is InChI=1S/C23H14BrCl2FN4O2/c24-14-7-5-13(6-8-14)20-9-10-31(30-20)21-17(25)11-15(12-18(21)26)28-23(33)29-22(32)16-3-1-2-4-19(16)27/h1-12H,(H2,28,29,32,33). The highest BCUT2D eigenvalue weighted by atomic mass is 79.9. The Bertz CT molecular complexity index is 1340. The number of anilines is 1. The molecule has 0 bridgehead atoms. The van der Waals surface area contributed by atoms with Gasteiger partial charge in [-0.1, -0.05) is 63.4 Å². The second kappa shape index (κ2) is 9.74. The predicted octanol–water partition coefficient (Wildman–Crippen LogP) is 6.71. The van der Waals surface area contributed by atoms with E-state index in [-0.39, 0.29) is 21.3 Å². The lowest BCUT2D eigenvalue weighted by Crippen LogP contribution is -2.34. The lowest BCUT2D eigenvalue weighted by atomic mass is 10.2. The number of benzene rings is 3. The van der Waals surface area contributed by atoms with Crippen LogP contribution >= 0.6 is 39.1 Å². The quantitative estimate of drug-likeness (QED) is 0.298. The number of nitrogens with one attached hydrogen (secondary N) is 2. The maximum Gasteiger partial charge on any atom is 0.326 e. The highest BCUT2D eigenvalue weighted by Crippen LogP contribution is 2.33. The molecule has 1 heterocycles. The van der Waals surface area contributed by atoms with Gasteiger partial charge in [-0.3, -0.25) is 10.1 Å². The Morgan fingerprint density at radius 1 is 0.970 bits per heavy atom. The largest absolute Gasteiger partial charge is 0.326 e. The summed E-state index contributed by atoms with van der Waals surface area (Å²) in [6.45, 7) is 0. The van der Waals surface area contributed by atoms with Gasteiger partial charge in [0, 0.05) is 21.9 Å². The van der Waals surface area contributed by atoms with E-state index in [0.717, 1.165) is 21.8 Å². The number of rotatable bonds is 4. The summed E-state index contributed by atoms with van der Waals surface area (Å²) < 4.78 is 16.2. The van der Waals surface area contributed by atoms with Gasteiger partial charge < -0.3 is 5.32 Å². The van der Waals surface area contributed by atoms with Crippen LogP contribution in [-0.2, 0) is 0 Å². The van der Waals surface area contributed by atoms with Gasteiger partial charge in [0.05, 0.1) is 21.3 Å². The number of halogens is 4. The maximum atomic E-state index is 13.7. The van der Waals surface area contributed by atoms with Gasteiger partial charge in [-0.05, 0) is 42.5 Å². The topological polar surface area (TPSA) is 76.0 Å². The fraction of sp³-hybridized carbons (Fsp3) is 0. The average Bonchev–Trinajstić information content (AvgIpc) is 3.23. The monoisotopic (exact) mass is 546 g/mol. The number of urea groups is 1.